The van der Waals surface area contributed by atoms with E-state index in [4.69, 9.17) is 5.11 Å². The zero-order valence-corrected chi connectivity index (χ0v) is 11.6. The van der Waals surface area contributed by atoms with E-state index in [9.17, 15) is 9.59 Å². The highest BCUT2D eigenvalue weighted by molar-refractivity contribution is 5.96. The highest BCUT2D eigenvalue weighted by Gasteiger charge is 2.33. The normalized spacial score (nSPS) is 21.3. The molecule has 4 heteroatoms. The van der Waals surface area contributed by atoms with Gasteiger partial charge in [0.25, 0.3) is 0 Å². The van der Waals surface area contributed by atoms with Gasteiger partial charge in [-0.1, -0.05) is 30.3 Å². The van der Waals surface area contributed by atoms with Gasteiger partial charge in [0.1, 0.15) is 0 Å². The molecular weight excluding hydrogens is 266 g/mol. The summed E-state index contributed by atoms with van der Waals surface area (Å²) >= 11 is 0. The number of aliphatic carboxylic acids is 1. The molecule has 2 N–H and O–H groups in total. The molecule has 4 nitrogen and oxygen atoms in total. The van der Waals surface area contributed by atoms with Crippen molar-refractivity contribution >= 4 is 28.3 Å². The summed E-state index contributed by atoms with van der Waals surface area (Å²) in [6, 6.07) is 13.8. The zero-order valence-electron chi connectivity index (χ0n) is 11.6. The Morgan fingerprint density at radius 3 is 2.43 bits per heavy atom. The lowest BCUT2D eigenvalue weighted by Crippen LogP contribution is -2.21. The van der Waals surface area contributed by atoms with Crippen LogP contribution in [0.1, 0.15) is 19.3 Å². The van der Waals surface area contributed by atoms with Crippen molar-refractivity contribution in [1.82, 2.24) is 0 Å². The summed E-state index contributed by atoms with van der Waals surface area (Å²) in [5, 5.41) is 14.1. The number of hydrogen-bond donors (Lipinski definition) is 2. The number of benzene rings is 2. The summed E-state index contributed by atoms with van der Waals surface area (Å²) in [4.78, 5) is 23.2. The third-order valence-corrected chi connectivity index (χ3v) is 4.17. The molecule has 0 saturated heterocycles. The quantitative estimate of drug-likeness (QED) is 0.908. The second kappa shape index (κ2) is 5.56. The van der Waals surface area contributed by atoms with Crippen LogP contribution in [0.3, 0.4) is 0 Å². The van der Waals surface area contributed by atoms with Gasteiger partial charge in [-0.15, -0.1) is 0 Å². The third kappa shape index (κ3) is 2.89. The predicted molar refractivity (Wildman–Crippen MR) is 81.0 cm³/mol. The Balaban J connectivity index is 1.70. The van der Waals surface area contributed by atoms with E-state index in [1.807, 2.05) is 42.5 Å². The van der Waals surface area contributed by atoms with Gasteiger partial charge in [0.05, 0.1) is 5.92 Å². The molecule has 1 aliphatic carbocycles. The number of carboxylic acid groups (broad SMARTS) is 1. The first-order valence-electron chi connectivity index (χ1n) is 7.16. The van der Waals surface area contributed by atoms with Crippen molar-refractivity contribution in [3.05, 3.63) is 42.5 Å². The number of amides is 1. The summed E-state index contributed by atoms with van der Waals surface area (Å²) in [7, 11) is 0. The highest BCUT2D eigenvalue weighted by Crippen LogP contribution is 2.32. The molecule has 108 valence electrons. The van der Waals surface area contributed by atoms with Gasteiger partial charge >= 0.3 is 5.97 Å². The van der Waals surface area contributed by atoms with E-state index < -0.39 is 5.97 Å². The van der Waals surface area contributed by atoms with Crippen LogP contribution in [0.15, 0.2) is 42.5 Å². The van der Waals surface area contributed by atoms with Gasteiger partial charge in [-0.3, -0.25) is 9.59 Å². The fraction of sp³-hybridized carbons (Fsp3) is 0.294. The van der Waals surface area contributed by atoms with E-state index in [1.54, 1.807) is 0 Å². The van der Waals surface area contributed by atoms with Crippen LogP contribution < -0.4 is 5.32 Å². The molecule has 0 aromatic heterocycles. The van der Waals surface area contributed by atoms with Crippen LogP contribution in [0.4, 0.5) is 5.69 Å². The molecule has 3 rings (SSSR count). The molecule has 1 saturated carbocycles. The SMILES string of the molecule is O=C(O)[C@H]1CC[C@@H](C(=O)Nc2ccc3ccccc3c2)C1. The van der Waals surface area contributed by atoms with Gasteiger partial charge in [-0.2, -0.15) is 0 Å². The van der Waals surface area contributed by atoms with Crippen LogP contribution in [0.2, 0.25) is 0 Å². The average Bonchev–Trinajstić information content (AvgIpc) is 2.97. The van der Waals surface area contributed by atoms with Crippen LogP contribution in [-0.4, -0.2) is 17.0 Å². The molecule has 2 aromatic rings. The van der Waals surface area contributed by atoms with Crippen molar-refractivity contribution in [2.24, 2.45) is 11.8 Å². The van der Waals surface area contributed by atoms with Crippen molar-refractivity contribution in [3.8, 4) is 0 Å². The maximum Gasteiger partial charge on any atom is 0.306 e. The number of anilines is 1. The number of hydrogen-bond acceptors (Lipinski definition) is 2. The predicted octanol–water partition coefficient (Wildman–Crippen LogP) is 3.28. The van der Waals surface area contributed by atoms with Crippen molar-refractivity contribution in [3.63, 3.8) is 0 Å². The van der Waals surface area contributed by atoms with E-state index in [2.05, 4.69) is 5.32 Å². The van der Waals surface area contributed by atoms with Crippen molar-refractivity contribution in [2.45, 2.75) is 19.3 Å². The standard InChI is InChI=1S/C17H17NO3/c19-16(13-5-6-14(9-13)17(20)21)18-15-8-7-11-3-1-2-4-12(11)10-15/h1-4,7-8,10,13-14H,5-6,9H2,(H,18,19)(H,20,21)/t13-,14+/m1/s1. The number of carbonyl (C=O) groups excluding carboxylic acids is 1. The summed E-state index contributed by atoms with van der Waals surface area (Å²) in [6.45, 7) is 0. The average molecular weight is 283 g/mol. The van der Waals surface area contributed by atoms with Crippen LogP contribution in [-0.2, 0) is 9.59 Å². The van der Waals surface area contributed by atoms with E-state index >= 15 is 0 Å². The number of nitrogens with one attached hydrogen (secondary N) is 1. The molecule has 0 unspecified atom stereocenters. The molecular formula is C17H17NO3. The van der Waals surface area contributed by atoms with Gasteiger partial charge in [0.2, 0.25) is 5.91 Å². The van der Waals surface area contributed by atoms with Crippen molar-refractivity contribution < 1.29 is 14.7 Å². The Labute approximate surface area is 122 Å². The topological polar surface area (TPSA) is 66.4 Å². The fourth-order valence-electron chi connectivity index (χ4n) is 2.96. The second-order valence-corrected chi connectivity index (χ2v) is 5.60. The maximum atomic E-state index is 12.2. The zero-order chi connectivity index (χ0) is 14.8. The van der Waals surface area contributed by atoms with E-state index in [-0.39, 0.29) is 17.7 Å². The maximum absolute atomic E-state index is 12.2. The molecule has 0 heterocycles. The van der Waals surface area contributed by atoms with Crippen LogP contribution in [0, 0.1) is 11.8 Å². The van der Waals surface area contributed by atoms with Crippen LogP contribution in [0.25, 0.3) is 10.8 Å². The molecule has 2 atom stereocenters. The van der Waals surface area contributed by atoms with E-state index in [0.717, 1.165) is 16.5 Å². The first kappa shape index (κ1) is 13.6. The minimum atomic E-state index is -0.795. The Morgan fingerprint density at radius 1 is 1.00 bits per heavy atom. The fourth-order valence-corrected chi connectivity index (χ4v) is 2.96. The highest BCUT2D eigenvalue weighted by atomic mass is 16.4. The number of rotatable bonds is 3. The van der Waals surface area contributed by atoms with Gasteiger partial charge in [0.15, 0.2) is 0 Å². The Kier molecular flexibility index (Phi) is 3.60. The van der Waals surface area contributed by atoms with Crippen molar-refractivity contribution in [2.75, 3.05) is 5.32 Å². The molecule has 0 radical (unpaired) electrons. The van der Waals surface area contributed by atoms with Gasteiger partial charge < -0.3 is 10.4 Å². The van der Waals surface area contributed by atoms with Crippen LogP contribution >= 0.6 is 0 Å². The lowest BCUT2D eigenvalue weighted by molar-refractivity contribution is -0.141. The minimum Gasteiger partial charge on any atom is -0.481 e. The molecule has 1 aliphatic rings. The lowest BCUT2D eigenvalue weighted by Gasteiger charge is -2.11. The van der Waals surface area contributed by atoms with Gasteiger partial charge in [0, 0.05) is 11.6 Å². The molecule has 1 amide bonds. The number of carboxylic acids is 1. The largest absolute Gasteiger partial charge is 0.481 e. The Morgan fingerprint density at radius 2 is 1.71 bits per heavy atom. The molecule has 2 aromatic carbocycles. The van der Waals surface area contributed by atoms with Gasteiger partial charge in [-0.05, 0) is 42.2 Å². The minimum absolute atomic E-state index is 0.0750. The Bertz CT molecular complexity index is 695. The van der Waals surface area contributed by atoms with Gasteiger partial charge in [-0.25, -0.2) is 0 Å². The lowest BCUT2D eigenvalue weighted by atomic mass is 10.0. The third-order valence-electron chi connectivity index (χ3n) is 4.17. The molecule has 0 aliphatic heterocycles. The summed E-state index contributed by atoms with van der Waals surface area (Å²) < 4.78 is 0. The molecule has 0 bridgehead atoms. The smallest absolute Gasteiger partial charge is 0.306 e. The first-order chi connectivity index (χ1) is 10.1. The summed E-state index contributed by atoms with van der Waals surface area (Å²) in [5.74, 6) is -1.44. The van der Waals surface area contributed by atoms with Crippen LogP contribution in [0.5, 0.6) is 0 Å². The molecule has 0 spiro atoms. The molecule has 1 fully saturated rings. The Hall–Kier alpha value is -2.36. The van der Waals surface area contributed by atoms with E-state index in [0.29, 0.717) is 19.3 Å². The summed E-state index contributed by atoms with van der Waals surface area (Å²) in [6.07, 6.45) is 1.68. The van der Waals surface area contributed by atoms with E-state index in [1.165, 1.54) is 0 Å². The number of carbonyl (C=O) groups is 2. The monoisotopic (exact) mass is 283 g/mol. The first-order valence-corrected chi connectivity index (χ1v) is 7.16. The summed E-state index contributed by atoms with van der Waals surface area (Å²) in [5.41, 5.74) is 0.762. The number of fused-ring (bicyclic) bond motifs is 1. The van der Waals surface area contributed by atoms with Crippen molar-refractivity contribution in [1.29, 1.82) is 0 Å². The molecule has 21 heavy (non-hydrogen) atoms. The second-order valence-electron chi connectivity index (χ2n) is 5.60.